The molecule has 0 amide bonds. The van der Waals surface area contributed by atoms with Gasteiger partial charge in [-0.1, -0.05) is 30.3 Å². The minimum atomic E-state index is -5.17. The third-order valence-corrected chi connectivity index (χ3v) is 1.40. The van der Waals surface area contributed by atoms with Crippen LogP contribution >= 0.6 is 0 Å². The fraction of sp³-hybridized carbons (Fsp3) is 0.250. The minimum Gasteiger partial charge on any atom is -0.759 e. The predicted molar refractivity (Wildman–Crippen MR) is 52.8 cm³/mol. The van der Waals surface area contributed by atoms with Crippen molar-refractivity contribution in [1.82, 2.24) is 5.43 Å². The molecule has 0 unspecified atom stereocenters. The normalized spacial score (nSPS) is 10.3. The zero-order valence-electron chi connectivity index (χ0n) is 7.92. The Morgan fingerprint density at radius 1 is 1.20 bits per heavy atom. The van der Waals surface area contributed by atoms with Crippen molar-refractivity contribution in [3.05, 3.63) is 35.9 Å². The summed E-state index contributed by atoms with van der Waals surface area (Å²) in [5.74, 6) is 5.13. The molecule has 0 saturated carbocycles. The third kappa shape index (κ3) is 13.0. The molecule has 1 aromatic rings. The molecule has 86 valence electrons. The van der Waals surface area contributed by atoms with Crippen LogP contribution in [0.4, 0.5) is 0 Å². The highest BCUT2D eigenvalue weighted by Crippen LogP contribution is 1.97. The lowest BCUT2D eigenvalue weighted by atomic mass is 10.2. The molecule has 3 N–H and O–H groups in total. The maximum atomic E-state index is 8.52. The van der Waals surface area contributed by atoms with E-state index >= 15 is 0 Å². The van der Waals surface area contributed by atoms with Crippen LogP contribution in [-0.2, 0) is 16.8 Å². The second-order valence-electron chi connectivity index (χ2n) is 2.60. The number of rotatable bonds is 3. The van der Waals surface area contributed by atoms with Crippen LogP contribution in [0.15, 0.2) is 30.3 Å². The SMILES string of the molecule is NNCCc1ccccc1.O=S(=O)([O-])[O-]. The monoisotopic (exact) mass is 232 g/mol. The van der Waals surface area contributed by atoms with Gasteiger partial charge in [0.05, 0.1) is 0 Å². The van der Waals surface area contributed by atoms with E-state index in [0.717, 1.165) is 13.0 Å². The van der Waals surface area contributed by atoms with Crippen LogP contribution in [0.2, 0.25) is 0 Å². The Hall–Kier alpha value is -0.990. The molecular weight excluding hydrogens is 220 g/mol. The van der Waals surface area contributed by atoms with E-state index in [-0.39, 0.29) is 0 Å². The Bertz CT molecular complexity index is 344. The van der Waals surface area contributed by atoms with E-state index in [1.807, 2.05) is 18.2 Å². The molecule has 15 heavy (non-hydrogen) atoms. The van der Waals surface area contributed by atoms with Crippen LogP contribution in [-0.4, -0.2) is 24.1 Å². The van der Waals surface area contributed by atoms with Crippen LogP contribution in [0.25, 0.3) is 0 Å². The van der Waals surface area contributed by atoms with Crippen LogP contribution in [0.5, 0.6) is 0 Å². The molecule has 0 spiro atoms. The van der Waals surface area contributed by atoms with E-state index in [0.29, 0.717) is 0 Å². The van der Waals surface area contributed by atoms with Gasteiger partial charge in [0.25, 0.3) is 0 Å². The predicted octanol–water partition coefficient (Wildman–Crippen LogP) is -0.646. The first-order valence-corrected chi connectivity index (χ1v) is 5.41. The van der Waals surface area contributed by atoms with Crippen LogP contribution in [0.3, 0.4) is 0 Å². The Balaban J connectivity index is 0.000000336. The summed E-state index contributed by atoms with van der Waals surface area (Å²) in [6.45, 7) is 0.837. The molecule has 0 fully saturated rings. The highest BCUT2D eigenvalue weighted by Gasteiger charge is 1.87. The summed E-state index contributed by atoms with van der Waals surface area (Å²) in [5.41, 5.74) is 3.94. The molecule has 1 rings (SSSR count). The van der Waals surface area contributed by atoms with Crippen molar-refractivity contribution >= 4 is 10.4 Å². The van der Waals surface area contributed by atoms with Gasteiger partial charge in [-0.05, 0) is 12.0 Å². The zero-order valence-corrected chi connectivity index (χ0v) is 8.74. The molecule has 0 heterocycles. The van der Waals surface area contributed by atoms with Crippen molar-refractivity contribution in [1.29, 1.82) is 0 Å². The maximum absolute atomic E-state index is 8.52. The molecule has 0 aromatic heterocycles. The largest absolute Gasteiger partial charge is 0.759 e. The summed E-state index contributed by atoms with van der Waals surface area (Å²) >= 11 is 0. The first-order chi connectivity index (χ1) is 6.93. The number of hydrazine groups is 1. The van der Waals surface area contributed by atoms with Gasteiger partial charge in [0.15, 0.2) is 0 Å². The maximum Gasteiger partial charge on any atom is 0.0311 e. The van der Waals surface area contributed by atoms with Gasteiger partial charge < -0.3 is 9.11 Å². The molecule has 0 atom stereocenters. The molecular formula is C8H12N2O4S-2. The number of hydrogen-bond acceptors (Lipinski definition) is 6. The van der Waals surface area contributed by atoms with E-state index < -0.39 is 10.4 Å². The molecule has 1 aromatic carbocycles. The number of benzene rings is 1. The highest BCUT2D eigenvalue weighted by atomic mass is 32.3. The lowest BCUT2D eigenvalue weighted by Crippen LogP contribution is -2.24. The van der Waals surface area contributed by atoms with Crippen LogP contribution in [0, 0.1) is 0 Å². The molecule has 0 aliphatic rings. The molecule has 7 heteroatoms. The standard InChI is InChI=1S/C8H12N2.H2O4S/c9-10-7-6-8-4-2-1-3-5-8;1-5(2,3)4/h1-5,10H,6-7,9H2;(H2,1,2,3,4)/p-2. The topological polar surface area (TPSA) is 118 Å². The quantitative estimate of drug-likeness (QED) is 0.309. The van der Waals surface area contributed by atoms with E-state index in [4.69, 9.17) is 23.4 Å². The van der Waals surface area contributed by atoms with E-state index in [1.165, 1.54) is 5.56 Å². The van der Waals surface area contributed by atoms with Crippen LogP contribution < -0.4 is 11.3 Å². The van der Waals surface area contributed by atoms with Crippen molar-refractivity contribution in [3.8, 4) is 0 Å². The summed E-state index contributed by atoms with van der Waals surface area (Å²) in [7, 11) is -5.17. The van der Waals surface area contributed by atoms with Gasteiger partial charge in [0.1, 0.15) is 0 Å². The van der Waals surface area contributed by atoms with Gasteiger partial charge in [-0.3, -0.25) is 19.7 Å². The fourth-order valence-electron chi connectivity index (χ4n) is 0.861. The smallest absolute Gasteiger partial charge is 0.0311 e. The Morgan fingerprint density at radius 2 is 1.67 bits per heavy atom. The first kappa shape index (κ1) is 14.0. The van der Waals surface area contributed by atoms with Gasteiger partial charge in [-0.2, -0.15) is 0 Å². The molecule has 6 nitrogen and oxygen atoms in total. The summed E-state index contributed by atoms with van der Waals surface area (Å²) < 4.78 is 34.1. The van der Waals surface area contributed by atoms with Crippen molar-refractivity contribution in [2.45, 2.75) is 6.42 Å². The molecule has 0 saturated heterocycles. The van der Waals surface area contributed by atoms with E-state index in [2.05, 4.69) is 17.6 Å². The second kappa shape index (κ2) is 7.32. The Morgan fingerprint density at radius 3 is 2.07 bits per heavy atom. The van der Waals surface area contributed by atoms with Gasteiger partial charge in [0.2, 0.25) is 0 Å². The van der Waals surface area contributed by atoms with Gasteiger partial charge >= 0.3 is 0 Å². The molecule has 0 radical (unpaired) electrons. The summed E-state index contributed by atoms with van der Waals surface area (Å²) in [4.78, 5) is 0. The lowest BCUT2D eigenvalue weighted by Gasteiger charge is -2.06. The van der Waals surface area contributed by atoms with Crippen molar-refractivity contribution in [2.75, 3.05) is 6.54 Å². The van der Waals surface area contributed by atoms with Crippen molar-refractivity contribution in [2.24, 2.45) is 5.84 Å². The third-order valence-electron chi connectivity index (χ3n) is 1.40. The van der Waals surface area contributed by atoms with Gasteiger partial charge in [-0.25, -0.2) is 0 Å². The van der Waals surface area contributed by atoms with E-state index in [9.17, 15) is 0 Å². The first-order valence-electron chi connectivity index (χ1n) is 4.07. The lowest BCUT2D eigenvalue weighted by molar-refractivity contribution is 0.352. The zero-order chi connectivity index (χ0) is 11.7. The fourth-order valence-corrected chi connectivity index (χ4v) is 0.861. The number of nitrogens with one attached hydrogen (secondary N) is 1. The Labute approximate surface area is 88.7 Å². The summed E-state index contributed by atoms with van der Waals surface area (Å²) in [5, 5.41) is 0. The van der Waals surface area contributed by atoms with Crippen LogP contribution in [0.1, 0.15) is 5.56 Å². The summed E-state index contributed by atoms with van der Waals surface area (Å²) in [6.07, 6.45) is 0.997. The van der Waals surface area contributed by atoms with Gasteiger partial charge in [-0.15, -0.1) is 0 Å². The van der Waals surface area contributed by atoms with Crippen molar-refractivity contribution in [3.63, 3.8) is 0 Å². The average Bonchev–Trinajstić information content (AvgIpc) is 2.14. The average molecular weight is 232 g/mol. The molecule has 0 aliphatic heterocycles. The molecule has 0 aliphatic carbocycles. The second-order valence-corrected chi connectivity index (χ2v) is 3.41. The van der Waals surface area contributed by atoms with Crippen molar-refractivity contribution < 1.29 is 17.5 Å². The number of nitrogens with two attached hydrogens (primary N) is 1. The summed E-state index contributed by atoms with van der Waals surface area (Å²) in [6, 6.07) is 10.3. The number of hydrogen-bond donors (Lipinski definition) is 2. The van der Waals surface area contributed by atoms with Gasteiger partial charge in [0, 0.05) is 16.9 Å². The molecule has 0 bridgehead atoms. The van der Waals surface area contributed by atoms with E-state index in [1.54, 1.807) is 0 Å². The minimum absolute atomic E-state index is 0.837. The Kier molecular flexibility index (Phi) is 6.84. The highest BCUT2D eigenvalue weighted by molar-refractivity contribution is 7.79.